The van der Waals surface area contributed by atoms with Gasteiger partial charge in [0.05, 0.1) is 28.9 Å². The Hall–Kier alpha value is -1.37. The number of aliphatic hydroxyl groups is 1. The number of rotatable bonds is 1. The maximum absolute atomic E-state index is 12.4. The van der Waals surface area contributed by atoms with Gasteiger partial charge >= 0.3 is 6.09 Å². The van der Waals surface area contributed by atoms with Gasteiger partial charge in [-0.15, -0.1) is 11.3 Å². The molecule has 0 radical (unpaired) electrons. The van der Waals surface area contributed by atoms with E-state index in [0.717, 1.165) is 15.2 Å². The number of hydrogen-bond donors (Lipinski definition) is 1. The molecule has 23 heavy (non-hydrogen) atoms. The van der Waals surface area contributed by atoms with Crippen molar-refractivity contribution in [3.05, 3.63) is 28.2 Å². The Kier molecular flexibility index (Phi) is 4.25. The minimum Gasteiger partial charge on any atom is -0.444 e. The molecule has 1 unspecified atom stereocenters. The lowest BCUT2D eigenvalue weighted by molar-refractivity contribution is 0.0206. The molecule has 2 atom stereocenters. The normalized spacial score (nSPS) is 21.9. The number of thiazole rings is 1. The molecule has 124 valence electrons. The van der Waals surface area contributed by atoms with Crippen molar-refractivity contribution in [2.24, 2.45) is 0 Å². The first-order chi connectivity index (χ1) is 10.7. The smallest absolute Gasteiger partial charge is 0.410 e. The van der Waals surface area contributed by atoms with E-state index in [1.54, 1.807) is 11.0 Å². The molecule has 0 aliphatic carbocycles. The average molecular weight is 355 g/mol. The molecular weight excluding hydrogens is 336 g/mol. The van der Waals surface area contributed by atoms with Crippen molar-refractivity contribution < 1.29 is 14.6 Å². The summed E-state index contributed by atoms with van der Waals surface area (Å²) < 4.78 is 6.46. The number of carbonyl (C=O) groups excluding carboxylic acids is 1. The Morgan fingerprint density at radius 1 is 1.48 bits per heavy atom. The number of amides is 1. The minimum absolute atomic E-state index is 0.260. The molecule has 0 bridgehead atoms. The summed E-state index contributed by atoms with van der Waals surface area (Å²) >= 11 is 7.52. The van der Waals surface area contributed by atoms with Crippen LogP contribution < -0.4 is 0 Å². The van der Waals surface area contributed by atoms with Gasteiger partial charge in [0.15, 0.2) is 0 Å². The predicted molar refractivity (Wildman–Crippen MR) is 90.9 cm³/mol. The van der Waals surface area contributed by atoms with Gasteiger partial charge in [0.25, 0.3) is 0 Å². The van der Waals surface area contributed by atoms with E-state index in [-0.39, 0.29) is 12.6 Å². The largest absolute Gasteiger partial charge is 0.444 e. The van der Waals surface area contributed by atoms with Crippen LogP contribution in [0.2, 0.25) is 5.02 Å². The fourth-order valence-electron chi connectivity index (χ4n) is 2.63. The second kappa shape index (κ2) is 5.92. The molecule has 3 rings (SSSR count). The van der Waals surface area contributed by atoms with E-state index < -0.39 is 17.8 Å². The lowest BCUT2D eigenvalue weighted by atomic mass is 10.2. The Balaban J connectivity index is 1.90. The molecule has 2 heterocycles. The monoisotopic (exact) mass is 354 g/mol. The second-order valence-corrected chi connectivity index (χ2v) is 8.20. The molecule has 0 saturated carbocycles. The number of aromatic nitrogens is 1. The zero-order valence-corrected chi connectivity index (χ0v) is 14.8. The van der Waals surface area contributed by atoms with Crippen LogP contribution in [0.5, 0.6) is 0 Å². The summed E-state index contributed by atoms with van der Waals surface area (Å²) in [6.07, 6.45) is -0.522. The summed E-state index contributed by atoms with van der Waals surface area (Å²) in [5, 5.41) is 11.4. The Morgan fingerprint density at radius 3 is 2.91 bits per heavy atom. The van der Waals surface area contributed by atoms with Gasteiger partial charge < -0.3 is 9.84 Å². The minimum atomic E-state index is -0.573. The standard InChI is InChI=1S/C16H19ClN2O3S/c1-16(2,3)22-15(21)19-8-10(20)7-12(19)14-18-11-6-9(17)4-5-13(11)23-14/h4-6,10,12,20H,7-8H2,1-3H3/t10-,12?/m1/s1. The first-order valence-corrected chi connectivity index (χ1v) is 8.66. The van der Waals surface area contributed by atoms with Gasteiger partial charge in [0.2, 0.25) is 0 Å². The van der Waals surface area contributed by atoms with Crippen LogP contribution in [-0.2, 0) is 4.74 Å². The van der Waals surface area contributed by atoms with Crippen molar-refractivity contribution in [3.63, 3.8) is 0 Å². The number of nitrogens with zero attached hydrogens (tertiary/aromatic N) is 2. The molecule has 1 aromatic carbocycles. The van der Waals surface area contributed by atoms with Gasteiger partial charge in [0.1, 0.15) is 10.6 Å². The summed E-state index contributed by atoms with van der Waals surface area (Å²) in [5.41, 5.74) is 0.235. The van der Waals surface area contributed by atoms with Crippen LogP contribution >= 0.6 is 22.9 Å². The van der Waals surface area contributed by atoms with Gasteiger partial charge in [-0.2, -0.15) is 0 Å². The van der Waals surface area contributed by atoms with Crippen LogP contribution in [0.15, 0.2) is 18.2 Å². The van der Waals surface area contributed by atoms with Crippen molar-refractivity contribution in [2.75, 3.05) is 6.54 Å². The van der Waals surface area contributed by atoms with Crippen LogP contribution in [0.4, 0.5) is 4.79 Å². The molecule has 1 aliphatic heterocycles. The highest BCUT2D eigenvalue weighted by Gasteiger charge is 2.39. The summed E-state index contributed by atoms with van der Waals surface area (Å²) in [5.74, 6) is 0. The lowest BCUT2D eigenvalue weighted by Gasteiger charge is -2.27. The van der Waals surface area contributed by atoms with Gasteiger partial charge in [-0.3, -0.25) is 4.90 Å². The SMILES string of the molecule is CC(C)(C)OC(=O)N1C[C@H](O)CC1c1nc2cc(Cl)ccc2s1. The van der Waals surface area contributed by atoms with Crippen molar-refractivity contribution in [1.29, 1.82) is 0 Å². The van der Waals surface area contributed by atoms with Crippen LogP contribution in [0, 0.1) is 0 Å². The maximum atomic E-state index is 12.4. The van der Waals surface area contributed by atoms with Crippen molar-refractivity contribution in [1.82, 2.24) is 9.88 Å². The summed E-state index contributed by atoms with van der Waals surface area (Å²) in [6, 6.07) is 5.28. The molecule has 0 spiro atoms. The summed E-state index contributed by atoms with van der Waals surface area (Å²) in [4.78, 5) is 18.6. The van der Waals surface area contributed by atoms with E-state index >= 15 is 0 Å². The van der Waals surface area contributed by atoms with Crippen LogP contribution in [0.3, 0.4) is 0 Å². The molecule has 1 aliphatic rings. The topological polar surface area (TPSA) is 62.7 Å². The first kappa shape index (κ1) is 16.5. The Labute approximate surface area is 143 Å². The number of likely N-dealkylation sites (tertiary alicyclic amines) is 1. The van der Waals surface area contributed by atoms with Gasteiger partial charge in [-0.1, -0.05) is 11.6 Å². The Morgan fingerprint density at radius 2 is 2.22 bits per heavy atom. The molecule has 1 aromatic heterocycles. The fraction of sp³-hybridized carbons (Fsp3) is 0.500. The van der Waals surface area contributed by atoms with Gasteiger partial charge in [-0.05, 0) is 39.0 Å². The first-order valence-electron chi connectivity index (χ1n) is 7.46. The maximum Gasteiger partial charge on any atom is 0.410 e. The second-order valence-electron chi connectivity index (χ2n) is 6.70. The molecule has 5 nitrogen and oxygen atoms in total. The number of fused-ring (bicyclic) bond motifs is 1. The van der Waals surface area contributed by atoms with E-state index in [1.807, 2.05) is 32.9 Å². The predicted octanol–water partition coefficient (Wildman–Crippen LogP) is 3.99. The highest BCUT2D eigenvalue weighted by atomic mass is 35.5. The molecule has 1 saturated heterocycles. The number of ether oxygens (including phenoxy) is 1. The van der Waals surface area contributed by atoms with Crippen molar-refractivity contribution in [3.8, 4) is 0 Å². The third kappa shape index (κ3) is 3.59. The van der Waals surface area contributed by atoms with Crippen LogP contribution in [-0.4, -0.2) is 39.3 Å². The quantitative estimate of drug-likeness (QED) is 0.841. The van der Waals surface area contributed by atoms with E-state index in [4.69, 9.17) is 16.3 Å². The molecule has 1 amide bonds. The fourth-order valence-corrected chi connectivity index (χ4v) is 3.87. The molecule has 1 N–H and O–H groups in total. The number of β-amino-alcohol motifs (C(OH)–C–C–N with tert-alkyl or cyclic N) is 1. The third-order valence-corrected chi connectivity index (χ3v) is 4.93. The van der Waals surface area contributed by atoms with E-state index in [9.17, 15) is 9.90 Å². The number of hydrogen-bond acceptors (Lipinski definition) is 5. The Bertz CT molecular complexity index is 740. The lowest BCUT2D eigenvalue weighted by Crippen LogP contribution is -2.37. The van der Waals surface area contributed by atoms with Gasteiger partial charge in [-0.25, -0.2) is 9.78 Å². The molecular formula is C16H19ClN2O3S. The zero-order valence-electron chi connectivity index (χ0n) is 13.2. The van der Waals surface area contributed by atoms with Gasteiger partial charge in [0, 0.05) is 11.4 Å². The molecule has 1 fully saturated rings. The molecule has 2 aromatic rings. The average Bonchev–Trinajstić information content (AvgIpc) is 2.99. The van der Waals surface area contributed by atoms with E-state index in [0.29, 0.717) is 11.4 Å². The van der Waals surface area contributed by atoms with Crippen molar-refractivity contribution >= 4 is 39.2 Å². The van der Waals surface area contributed by atoms with Crippen LogP contribution in [0.1, 0.15) is 38.2 Å². The third-order valence-electron chi connectivity index (χ3n) is 3.56. The summed E-state index contributed by atoms with van der Waals surface area (Å²) in [6.45, 7) is 5.74. The highest BCUT2D eigenvalue weighted by Crippen LogP contribution is 2.37. The van der Waals surface area contributed by atoms with E-state index in [1.165, 1.54) is 11.3 Å². The number of carbonyl (C=O) groups is 1. The van der Waals surface area contributed by atoms with E-state index in [2.05, 4.69) is 4.98 Å². The molecule has 7 heteroatoms. The zero-order chi connectivity index (χ0) is 16.8. The number of benzene rings is 1. The van der Waals surface area contributed by atoms with Crippen LogP contribution in [0.25, 0.3) is 10.2 Å². The number of aliphatic hydroxyl groups excluding tert-OH is 1. The highest BCUT2D eigenvalue weighted by molar-refractivity contribution is 7.18. The summed E-state index contributed by atoms with van der Waals surface area (Å²) in [7, 11) is 0. The number of halogens is 1. The van der Waals surface area contributed by atoms with Crippen molar-refractivity contribution in [2.45, 2.75) is 44.9 Å².